The molecule has 0 saturated heterocycles. The molecule has 0 fully saturated rings. The van der Waals surface area contributed by atoms with Gasteiger partial charge in [-0.15, -0.1) is 0 Å². The highest BCUT2D eigenvalue weighted by Gasteiger charge is 1.82. The zero-order valence-electron chi connectivity index (χ0n) is 6.76. The predicted molar refractivity (Wildman–Crippen MR) is 69.1 cm³/mol. The maximum Gasteiger partial charge on any atom is 0.202 e. The molecule has 1 aromatic carbocycles. The van der Waals surface area contributed by atoms with Crippen LogP contribution in [-0.4, -0.2) is 8.22 Å². The van der Waals surface area contributed by atoms with Gasteiger partial charge in [-0.2, -0.15) is 0 Å². The molecule has 0 aromatic heterocycles. The third-order valence-corrected chi connectivity index (χ3v) is 3.58. The van der Waals surface area contributed by atoms with E-state index in [1.165, 1.54) is 5.56 Å². The quantitative estimate of drug-likeness (QED) is 0.410. The van der Waals surface area contributed by atoms with Crippen LogP contribution in [0.2, 0.25) is 0 Å². The van der Waals surface area contributed by atoms with Gasteiger partial charge in [-0.1, -0.05) is 58.5 Å². The van der Waals surface area contributed by atoms with E-state index in [4.69, 9.17) is 0 Å². The van der Waals surface area contributed by atoms with Crippen molar-refractivity contribution in [2.75, 3.05) is 4.43 Å². The average Bonchev–Trinajstić information content (AvgIpc) is 2.07. The normalized spacial score (nSPS) is 8.25. The van der Waals surface area contributed by atoms with E-state index in [0.717, 1.165) is 0 Å². The van der Waals surface area contributed by atoms with Gasteiger partial charge in [0.05, 0.1) is 4.43 Å². The first-order valence-electron chi connectivity index (χ1n) is 3.42. The van der Waals surface area contributed by atoms with Gasteiger partial charge in [-0.3, -0.25) is 4.79 Å². The van der Waals surface area contributed by atoms with Crippen LogP contribution >= 0.6 is 45.2 Å². The van der Waals surface area contributed by atoms with E-state index in [1.54, 1.807) is 22.6 Å². The van der Waals surface area contributed by atoms with Crippen molar-refractivity contribution in [1.82, 2.24) is 0 Å². The lowest BCUT2D eigenvalue weighted by Gasteiger charge is -1.82. The lowest BCUT2D eigenvalue weighted by molar-refractivity contribution is -0.107. The SMILES string of the molecule is Cc1ccccc1.O=C(I)CI. The van der Waals surface area contributed by atoms with Crippen molar-refractivity contribution in [1.29, 1.82) is 0 Å². The molecule has 0 N–H and O–H groups in total. The number of alkyl halides is 1. The lowest BCUT2D eigenvalue weighted by Crippen LogP contribution is -1.79. The van der Waals surface area contributed by atoms with Gasteiger partial charge in [0, 0.05) is 22.6 Å². The number of halogens is 2. The first kappa shape index (κ1) is 12.3. The van der Waals surface area contributed by atoms with Crippen LogP contribution < -0.4 is 0 Å². The summed E-state index contributed by atoms with van der Waals surface area (Å²) >= 11 is 3.78. The number of aryl methyl sites for hydroxylation is 1. The molecular weight excluding hydrogens is 378 g/mol. The second-order valence-electron chi connectivity index (χ2n) is 2.14. The minimum atomic E-state index is 0.211. The van der Waals surface area contributed by atoms with Crippen molar-refractivity contribution in [3.63, 3.8) is 0 Å². The number of carbonyl (C=O) groups excluding carboxylic acids is 1. The maximum absolute atomic E-state index is 9.79. The van der Waals surface area contributed by atoms with Crippen molar-refractivity contribution < 1.29 is 4.79 Å². The Morgan fingerprint density at radius 2 is 1.75 bits per heavy atom. The van der Waals surface area contributed by atoms with Gasteiger partial charge in [0.1, 0.15) is 0 Å². The third kappa shape index (κ3) is 8.45. The zero-order chi connectivity index (χ0) is 9.40. The molecule has 1 aromatic rings. The van der Waals surface area contributed by atoms with Gasteiger partial charge in [-0.05, 0) is 6.92 Å². The standard InChI is InChI=1S/C7H8.C2H2I2O/c1-7-5-3-2-4-6-7;3-1-2(4)5/h2-6H,1H3;1H2. The fraction of sp³-hybridized carbons (Fsp3) is 0.222. The molecule has 0 spiro atoms. The van der Waals surface area contributed by atoms with E-state index in [2.05, 4.69) is 19.1 Å². The van der Waals surface area contributed by atoms with Crippen LogP contribution in [0.3, 0.4) is 0 Å². The van der Waals surface area contributed by atoms with Gasteiger partial charge >= 0.3 is 0 Å². The minimum Gasteiger partial charge on any atom is -0.287 e. The van der Waals surface area contributed by atoms with Crippen LogP contribution in [0.5, 0.6) is 0 Å². The van der Waals surface area contributed by atoms with Gasteiger partial charge in [0.2, 0.25) is 3.79 Å². The Morgan fingerprint density at radius 1 is 1.33 bits per heavy atom. The van der Waals surface area contributed by atoms with Crippen molar-refractivity contribution >= 4 is 49.0 Å². The number of rotatable bonds is 1. The van der Waals surface area contributed by atoms with Crippen LogP contribution in [0, 0.1) is 6.92 Å². The second kappa shape index (κ2) is 7.97. The van der Waals surface area contributed by atoms with E-state index in [-0.39, 0.29) is 3.79 Å². The molecule has 0 heterocycles. The monoisotopic (exact) mass is 388 g/mol. The third-order valence-electron chi connectivity index (χ3n) is 1.05. The molecule has 1 rings (SSSR count). The van der Waals surface area contributed by atoms with Crippen LogP contribution in [0.4, 0.5) is 0 Å². The Morgan fingerprint density at radius 3 is 1.92 bits per heavy atom. The smallest absolute Gasteiger partial charge is 0.202 e. The number of hydrogen-bond acceptors (Lipinski definition) is 1. The zero-order valence-corrected chi connectivity index (χ0v) is 11.1. The number of hydrogen-bond donors (Lipinski definition) is 0. The Labute approximate surface area is 100 Å². The average molecular weight is 388 g/mol. The van der Waals surface area contributed by atoms with Crippen LogP contribution in [-0.2, 0) is 4.79 Å². The fourth-order valence-electron chi connectivity index (χ4n) is 0.534. The summed E-state index contributed by atoms with van der Waals surface area (Å²) in [5.41, 5.74) is 1.32. The molecule has 0 aliphatic rings. The highest BCUT2D eigenvalue weighted by molar-refractivity contribution is 14.1. The molecular formula is C9H10I2O. The molecule has 66 valence electrons. The molecule has 0 saturated carbocycles. The fourth-order valence-corrected chi connectivity index (χ4v) is 0.534. The van der Waals surface area contributed by atoms with Crippen molar-refractivity contribution in [3.05, 3.63) is 35.9 Å². The number of carbonyl (C=O) groups is 1. The minimum absolute atomic E-state index is 0.211. The predicted octanol–water partition coefficient (Wildman–Crippen LogP) is 3.38. The molecule has 3 heteroatoms. The van der Waals surface area contributed by atoms with Crippen LogP contribution in [0.1, 0.15) is 5.56 Å². The Kier molecular flexibility index (Phi) is 8.20. The summed E-state index contributed by atoms with van der Waals surface area (Å²) in [7, 11) is 0. The van der Waals surface area contributed by atoms with Crippen LogP contribution in [0.25, 0.3) is 0 Å². The summed E-state index contributed by atoms with van der Waals surface area (Å²) in [5.74, 6) is 0. The first-order chi connectivity index (χ1) is 5.66. The molecule has 1 nitrogen and oxygen atoms in total. The molecule has 0 aliphatic carbocycles. The second-order valence-corrected chi connectivity index (χ2v) is 4.11. The molecule has 0 aliphatic heterocycles. The topological polar surface area (TPSA) is 17.1 Å². The van der Waals surface area contributed by atoms with Gasteiger partial charge in [0.25, 0.3) is 0 Å². The summed E-state index contributed by atoms with van der Waals surface area (Å²) in [6.07, 6.45) is 0. The largest absolute Gasteiger partial charge is 0.287 e. The first-order valence-corrected chi connectivity index (χ1v) is 6.03. The van der Waals surface area contributed by atoms with Crippen LogP contribution in [0.15, 0.2) is 30.3 Å². The lowest BCUT2D eigenvalue weighted by atomic mass is 10.2. The molecule has 0 atom stereocenters. The number of benzene rings is 1. The van der Waals surface area contributed by atoms with Crippen molar-refractivity contribution in [3.8, 4) is 0 Å². The molecule has 0 radical (unpaired) electrons. The highest BCUT2D eigenvalue weighted by atomic mass is 127. The van der Waals surface area contributed by atoms with E-state index < -0.39 is 0 Å². The van der Waals surface area contributed by atoms with E-state index >= 15 is 0 Å². The maximum atomic E-state index is 9.79. The molecule has 12 heavy (non-hydrogen) atoms. The highest BCUT2D eigenvalue weighted by Crippen LogP contribution is 1.92. The van der Waals surface area contributed by atoms with Crippen molar-refractivity contribution in [2.45, 2.75) is 6.92 Å². The van der Waals surface area contributed by atoms with E-state index in [1.807, 2.05) is 40.8 Å². The Hall–Kier alpha value is 0.350. The van der Waals surface area contributed by atoms with Crippen molar-refractivity contribution in [2.24, 2.45) is 0 Å². The Balaban J connectivity index is 0.000000217. The molecule has 0 bridgehead atoms. The van der Waals surface area contributed by atoms with E-state index in [9.17, 15) is 4.79 Å². The summed E-state index contributed by atoms with van der Waals surface area (Å²) in [5, 5.41) is 0. The molecule has 0 unspecified atom stereocenters. The van der Waals surface area contributed by atoms with Gasteiger partial charge in [0.15, 0.2) is 0 Å². The van der Waals surface area contributed by atoms with Gasteiger partial charge in [-0.25, -0.2) is 0 Å². The summed E-state index contributed by atoms with van der Waals surface area (Å²) in [6.45, 7) is 2.08. The molecule has 0 amide bonds. The Bertz CT molecular complexity index is 221. The van der Waals surface area contributed by atoms with E-state index in [0.29, 0.717) is 4.43 Å². The summed E-state index contributed by atoms with van der Waals surface area (Å²) in [6, 6.07) is 10.3. The van der Waals surface area contributed by atoms with Gasteiger partial charge < -0.3 is 0 Å². The summed E-state index contributed by atoms with van der Waals surface area (Å²) in [4.78, 5) is 9.79. The summed E-state index contributed by atoms with van der Waals surface area (Å²) < 4.78 is 0.835.